The predicted molar refractivity (Wildman–Crippen MR) is 60.4 cm³/mol. The molecule has 2 rings (SSSR count). The SMILES string of the molecule is COC(CN1CC2(CCCCC2)C1)C(=O)O. The molecule has 2 aliphatic rings. The number of carboxylic acid groups (broad SMARTS) is 1. The molecule has 1 aliphatic heterocycles. The van der Waals surface area contributed by atoms with Gasteiger partial charge < -0.3 is 9.84 Å². The van der Waals surface area contributed by atoms with Crippen LogP contribution >= 0.6 is 0 Å². The molecular weight excluding hydrogens is 206 g/mol. The molecule has 92 valence electrons. The van der Waals surface area contributed by atoms with E-state index in [0.717, 1.165) is 13.1 Å². The van der Waals surface area contributed by atoms with Gasteiger partial charge in [-0.05, 0) is 18.3 Å². The number of ether oxygens (including phenoxy) is 1. The van der Waals surface area contributed by atoms with Crippen LogP contribution in [0.5, 0.6) is 0 Å². The van der Waals surface area contributed by atoms with Gasteiger partial charge in [-0.1, -0.05) is 19.3 Å². The highest BCUT2D eigenvalue weighted by atomic mass is 16.5. The van der Waals surface area contributed by atoms with Crippen molar-refractivity contribution in [1.29, 1.82) is 0 Å². The lowest BCUT2D eigenvalue weighted by Crippen LogP contribution is -2.59. The lowest BCUT2D eigenvalue weighted by Gasteiger charge is -2.53. The molecule has 1 atom stereocenters. The third-order valence-corrected chi connectivity index (χ3v) is 4.02. The van der Waals surface area contributed by atoms with Crippen LogP contribution in [0.3, 0.4) is 0 Å². The summed E-state index contributed by atoms with van der Waals surface area (Å²) in [5.74, 6) is -0.855. The predicted octanol–water partition coefficient (Wildman–Crippen LogP) is 1.35. The van der Waals surface area contributed by atoms with Gasteiger partial charge in [-0.3, -0.25) is 4.90 Å². The maximum atomic E-state index is 10.8. The first kappa shape index (κ1) is 11.9. The summed E-state index contributed by atoms with van der Waals surface area (Å²) in [5.41, 5.74) is 0.523. The third kappa shape index (κ3) is 2.38. The van der Waals surface area contributed by atoms with Crippen LogP contribution in [0.1, 0.15) is 32.1 Å². The fourth-order valence-electron chi connectivity index (χ4n) is 3.14. The van der Waals surface area contributed by atoms with E-state index in [1.807, 2.05) is 0 Å². The van der Waals surface area contributed by atoms with Gasteiger partial charge in [0.2, 0.25) is 0 Å². The number of methoxy groups -OCH3 is 1. The van der Waals surface area contributed by atoms with Gasteiger partial charge in [-0.15, -0.1) is 0 Å². The highest BCUT2D eigenvalue weighted by Gasteiger charge is 2.44. The Morgan fingerprint density at radius 1 is 1.38 bits per heavy atom. The van der Waals surface area contributed by atoms with Crippen LogP contribution in [0.2, 0.25) is 0 Å². The van der Waals surface area contributed by atoms with Crippen molar-refractivity contribution in [3.05, 3.63) is 0 Å². The van der Waals surface area contributed by atoms with Crippen LogP contribution in [0.4, 0.5) is 0 Å². The first-order valence-electron chi connectivity index (χ1n) is 6.13. The molecule has 1 aliphatic carbocycles. The molecule has 1 N–H and O–H groups in total. The Balaban J connectivity index is 1.77. The van der Waals surface area contributed by atoms with Crippen molar-refractivity contribution in [2.24, 2.45) is 5.41 Å². The second-order valence-electron chi connectivity index (χ2n) is 5.29. The van der Waals surface area contributed by atoms with Gasteiger partial charge in [0.15, 0.2) is 6.10 Å². The third-order valence-electron chi connectivity index (χ3n) is 4.02. The molecule has 1 saturated heterocycles. The number of rotatable bonds is 4. The van der Waals surface area contributed by atoms with Crippen molar-refractivity contribution in [3.8, 4) is 0 Å². The average Bonchev–Trinajstić information content (AvgIpc) is 2.24. The van der Waals surface area contributed by atoms with E-state index in [-0.39, 0.29) is 0 Å². The number of carbonyl (C=O) groups is 1. The number of aliphatic carboxylic acids is 1. The second kappa shape index (κ2) is 4.72. The quantitative estimate of drug-likeness (QED) is 0.787. The van der Waals surface area contributed by atoms with Gasteiger partial charge in [0.1, 0.15) is 0 Å². The highest BCUT2D eigenvalue weighted by molar-refractivity contribution is 5.72. The van der Waals surface area contributed by atoms with Crippen LogP contribution in [-0.4, -0.2) is 48.8 Å². The minimum Gasteiger partial charge on any atom is -0.479 e. The van der Waals surface area contributed by atoms with Crippen LogP contribution in [0.15, 0.2) is 0 Å². The second-order valence-corrected chi connectivity index (χ2v) is 5.29. The summed E-state index contributed by atoms with van der Waals surface area (Å²) in [4.78, 5) is 13.0. The van der Waals surface area contributed by atoms with Crippen molar-refractivity contribution in [3.63, 3.8) is 0 Å². The van der Waals surface area contributed by atoms with E-state index in [4.69, 9.17) is 9.84 Å². The molecule has 4 nitrogen and oxygen atoms in total. The van der Waals surface area contributed by atoms with Crippen molar-refractivity contribution in [2.45, 2.75) is 38.2 Å². The van der Waals surface area contributed by atoms with Crippen LogP contribution in [0.25, 0.3) is 0 Å². The lowest BCUT2D eigenvalue weighted by atomic mass is 9.68. The Kier molecular flexibility index (Phi) is 3.50. The van der Waals surface area contributed by atoms with Crippen LogP contribution < -0.4 is 0 Å². The number of nitrogens with zero attached hydrogens (tertiary/aromatic N) is 1. The van der Waals surface area contributed by atoms with Gasteiger partial charge in [0.05, 0.1) is 0 Å². The zero-order valence-corrected chi connectivity index (χ0v) is 9.95. The zero-order chi connectivity index (χ0) is 11.6. The molecule has 0 aromatic heterocycles. The molecule has 2 fully saturated rings. The average molecular weight is 227 g/mol. The summed E-state index contributed by atoms with van der Waals surface area (Å²) in [5, 5.41) is 8.89. The molecule has 4 heteroatoms. The Labute approximate surface area is 96.6 Å². The summed E-state index contributed by atoms with van der Waals surface area (Å²) < 4.78 is 4.95. The molecule has 0 aromatic carbocycles. The van der Waals surface area contributed by atoms with E-state index >= 15 is 0 Å². The topological polar surface area (TPSA) is 49.8 Å². The Morgan fingerprint density at radius 2 is 2.00 bits per heavy atom. The van der Waals surface area contributed by atoms with Gasteiger partial charge in [0.25, 0.3) is 0 Å². The molecule has 0 bridgehead atoms. The smallest absolute Gasteiger partial charge is 0.334 e. The van der Waals surface area contributed by atoms with Crippen LogP contribution in [-0.2, 0) is 9.53 Å². The minimum absolute atomic E-state index is 0.523. The monoisotopic (exact) mass is 227 g/mol. The number of likely N-dealkylation sites (tertiary alicyclic amines) is 1. The maximum absolute atomic E-state index is 10.8. The maximum Gasteiger partial charge on any atom is 0.334 e. The normalized spacial score (nSPS) is 26.3. The zero-order valence-electron chi connectivity index (χ0n) is 9.95. The fourth-order valence-corrected chi connectivity index (χ4v) is 3.14. The molecule has 1 heterocycles. The molecule has 1 saturated carbocycles. The van der Waals surface area contributed by atoms with E-state index in [1.165, 1.54) is 39.2 Å². The Bertz CT molecular complexity index is 253. The van der Waals surface area contributed by atoms with Crippen molar-refractivity contribution < 1.29 is 14.6 Å². The minimum atomic E-state index is -0.855. The first-order valence-corrected chi connectivity index (χ1v) is 6.13. The summed E-state index contributed by atoms with van der Waals surface area (Å²) in [7, 11) is 1.47. The largest absolute Gasteiger partial charge is 0.479 e. The molecule has 0 radical (unpaired) electrons. The van der Waals surface area contributed by atoms with Gasteiger partial charge in [-0.25, -0.2) is 4.79 Å². The van der Waals surface area contributed by atoms with E-state index in [0.29, 0.717) is 12.0 Å². The van der Waals surface area contributed by atoms with E-state index in [1.54, 1.807) is 0 Å². The van der Waals surface area contributed by atoms with Crippen LogP contribution in [0, 0.1) is 5.41 Å². The van der Waals surface area contributed by atoms with Crippen molar-refractivity contribution in [1.82, 2.24) is 4.90 Å². The summed E-state index contributed by atoms with van der Waals surface area (Å²) in [6.45, 7) is 2.67. The first-order chi connectivity index (χ1) is 7.65. The summed E-state index contributed by atoms with van der Waals surface area (Å²) in [6, 6.07) is 0. The number of carboxylic acids is 1. The summed E-state index contributed by atoms with van der Waals surface area (Å²) >= 11 is 0. The Hall–Kier alpha value is -0.610. The number of hydrogen-bond donors (Lipinski definition) is 1. The molecule has 1 unspecified atom stereocenters. The lowest BCUT2D eigenvalue weighted by molar-refractivity contribution is -0.152. The molecule has 1 spiro atoms. The van der Waals surface area contributed by atoms with Gasteiger partial charge in [-0.2, -0.15) is 0 Å². The molecule has 0 aromatic rings. The highest BCUT2D eigenvalue weighted by Crippen LogP contribution is 2.43. The standard InChI is InChI=1S/C12H21NO3/c1-16-10(11(14)15)7-13-8-12(9-13)5-3-2-4-6-12/h10H,2-9H2,1H3,(H,14,15). The molecule has 0 amide bonds. The van der Waals surface area contributed by atoms with E-state index < -0.39 is 12.1 Å². The molecular formula is C12H21NO3. The summed E-state index contributed by atoms with van der Waals surface area (Å²) in [6.07, 6.45) is 6.06. The van der Waals surface area contributed by atoms with Crippen molar-refractivity contribution >= 4 is 5.97 Å². The fraction of sp³-hybridized carbons (Fsp3) is 0.917. The van der Waals surface area contributed by atoms with E-state index in [2.05, 4.69) is 4.90 Å². The van der Waals surface area contributed by atoms with E-state index in [9.17, 15) is 4.79 Å². The number of hydrogen-bond acceptors (Lipinski definition) is 3. The van der Waals surface area contributed by atoms with Gasteiger partial charge >= 0.3 is 5.97 Å². The van der Waals surface area contributed by atoms with Crippen molar-refractivity contribution in [2.75, 3.05) is 26.7 Å². The molecule has 16 heavy (non-hydrogen) atoms. The Morgan fingerprint density at radius 3 is 2.50 bits per heavy atom. The van der Waals surface area contributed by atoms with Gasteiger partial charge in [0, 0.05) is 26.7 Å².